The van der Waals surface area contributed by atoms with E-state index >= 15 is 0 Å². The molecule has 8 nitrogen and oxygen atoms in total. The number of likely N-dealkylation sites (tertiary alicyclic amines) is 1. The molecule has 1 saturated heterocycles. The molecule has 1 N–H and O–H groups in total. The zero-order valence-electron chi connectivity index (χ0n) is 14.3. The van der Waals surface area contributed by atoms with E-state index in [9.17, 15) is 9.90 Å². The largest absolute Gasteiger partial charge is 0.388 e. The second-order valence-electron chi connectivity index (χ2n) is 6.86. The number of carbonyl (C=O) groups is 1. The number of piperidine rings is 1. The van der Waals surface area contributed by atoms with Gasteiger partial charge in [-0.25, -0.2) is 0 Å². The summed E-state index contributed by atoms with van der Waals surface area (Å²) in [7, 11) is 1.84. The molecule has 0 spiro atoms. The van der Waals surface area contributed by atoms with E-state index in [0.29, 0.717) is 25.2 Å². The van der Waals surface area contributed by atoms with Crippen LogP contribution in [0.1, 0.15) is 54.7 Å². The number of rotatable bonds is 4. The Hall–Kier alpha value is -2.22. The summed E-state index contributed by atoms with van der Waals surface area (Å²) < 4.78 is 6.97. The number of carbonyl (C=O) groups excluding carboxylic acids is 1. The Morgan fingerprint density at radius 3 is 2.92 bits per heavy atom. The maximum absolute atomic E-state index is 12.6. The first-order valence-electron chi connectivity index (χ1n) is 8.19. The zero-order chi connectivity index (χ0) is 17.3. The molecule has 0 aromatic carbocycles. The highest BCUT2D eigenvalue weighted by atomic mass is 16.5. The van der Waals surface area contributed by atoms with Crippen molar-refractivity contribution in [3.8, 4) is 0 Å². The summed E-state index contributed by atoms with van der Waals surface area (Å²) in [5, 5.41) is 22.7. The van der Waals surface area contributed by atoms with Crippen molar-refractivity contribution in [2.75, 3.05) is 13.1 Å². The van der Waals surface area contributed by atoms with E-state index in [0.717, 1.165) is 12.1 Å². The van der Waals surface area contributed by atoms with E-state index in [4.69, 9.17) is 4.52 Å². The molecule has 1 aliphatic heterocycles. The van der Waals surface area contributed by atoms with Crippen molar-refractivity contribution in [3.05, 3.63) is 29.7 Å². The summed E-state index contributed by atoms with van der Waals surface area (Å²) in [6, 6.07) is 1.68. The number of aromatic nitrogens is 4. The molecule has 0 aliphatic carbocycles. The molecule has 1 aliphatic rings. The minimum Gasteiger partial charge on any atom is -0.388 e. The molecular weight excluding hydrogens is 310 g/mol. The first kappa shape index (κ1) is 16.6. The monoisotopic (exact) mass is 333 g/mol. The van der Waals surface area contributed by atoms with Gasteiger partial charge in [-0.2, -0.15) is 0 Å². The van der Waals surface area contributed by atoms with Crippen LogP contribution in [0, 0.1) is 0 Å². The summed E-state index contributed by atoms with van der Waals surface area (Å²) >= 11 is 0. The third-order valence-corrected chi connectivity index (χ3v) is 4.47. The van der Waals surface area contributed by atoms with Crippen molar-refractivity contribution in [2.45, 2.75) is 44.6 Å². The summed E-state index contributed by atoms with van der Waals surface area (Å²) in [5.41, 5.74) is -0.250. The number of nitrogens with zero attached hydrogens (tertiary/aromatic N) is 5. The van der Waals surface area contributed by atoms with Gasteiger partial charge < -0.3 is 19.1 Å². The molecule has 130 valence electrons. The van der Waals surface area contributed by atoms with Crippen LogP contribution in [0.5, 0.6) is 0 Å². The molecule has 8 heteroatoms. The fraction of sp³-hybridized carbons (Fsp3) is 0.625. The molecule has 2 aromatic rings. The second-order valence-corrected chi connectivity index (χ2v) is 6.86. The molecule has 3 heterocycles. The smallest absolute Gasteiger partial charge is 0.292 e. The van der Waals surface area contributed by atoms with Crippen LogP contribution in [0.15, 0.2) is 16.9 Å². The predicted molar refractivity (Wildman–Crippen MR) is 85.4 cm³/mol. The normalized spacial score (nSPS) is 21.5. The van der Waals surface area contributed by atoms with Gasteiger partial charge in [0.05, 0.1) is 17.8 Å². The summed E-state index contributed by atoms with van der Waals surface area (Å²) in [4.78, 5) is 14.3. The third-order valence-electron chi connectivity index (χ3n) is 4.47. The highest BCUT2D eigenvalue weighted by Gasteiger charge is 2.37. The number of amides is 1. The molecular formula is C16H23N5O3. The van der Waals surface area contributed by atoms with E-state index in [1.165, 1.54) is 0 Å². The van der Waals surface area contributed by atoms with Crippen molar-refractivity contribution in [2.24, 2.45) is 7.05 Å². The Morgan fingerprint density at radius 1 is 1.50 bits per heavy atom. The number of hydrogen-bond acceptors (Lipinski definition) is 6. The molecule has 0 saturated carbocycles. The van der Waals surface area contributed by atoms with E-state index in [-0.39, 0.29) is 24.1 Å². The maximum Gasteiger partial charge on any atom is 0.292 e. The summed E-state index contributed by atoms with van der Waals surface area (Å²) in [5.74, 6) is 0.894. The number of aliphatic hydroxyl groups is 1. The van der Waals surface area contributed by atoms with Gasteiger partial charge in [0.25, 0.3) is 5.91 Å². The van der Waals surface area contributed by atoms with Crippen LogP contribution in [0.2, 0.25) is 0 Å². The molecule has 1 atom stereocenters. The van der Waals surface area contributed by atoms with Crippen molar-refractivity contribution in [1.82, 2.24) is 24.8 Å². The minimum atomic E-state index is -1.00. The van der Waals surface area contributed by atoms with Crippen LogP contribution < -0.4 is 0 Å². The van der Waals surface area contributed by atoms with Gasteiger partial charge >= 0.3 is 0 Å². The van der Waals surface area contributed by atoms with Crippen LogP contribution in [-0.2, 0) is 13.5 Å². The van der Waals surface area contributed by atoms with Crippen LogP contribution in [0.4, 0.5) is 0 Å². The molecule has 1 amide bonds. The third kappa shape index (κ3) is 3.33. The van der Waals surface area contributed by atoms with Crippen LogP contribution in [0.25, 0.3) is 0 Å². The molecule has 1 unspecified atom stereocenters. The highest BCUT2D eigenvalue weighted by Crippen LogP contribution is 2.26. The number of β-amino-alcohol motifs (C(OH)–C–C–N with tert-alkyl or cyclic N) is 1. The lowest BCUT2D eigenvalue weighted by atomic mass is 9.89. The Labute approximate surface area is 140 Å². The van der Waals surface area contributed by atoms with Crippen molar-refractivity contribution in [1.29, 1.82) is 0 Å². The SMILES string of the molecule is CC(C)c1cc(C(=O)N2CCCC(O)(Cc3nncn3C)C2)on1. The topological polar surface area (TPSA) is 97.3 Å². The van der Waals surface area contributed by atoms with E-state index in [1.807, 2.05) is 20.9 Å². The first-order chi connectivity index (χ1) is 11.4. The van der Waals surface area contributed by atoms with Crippen molar-refractivity contribution >= 4 is 5.91 Å². The average Bonchev–Trinajstić information content (AvgIpc) is 3.16. The van der Waals surface area contributed by atoms with Crippen LogP contribution in [0.3, 0.4) is 0 Å². The molecule has 1 fully saturated rings. The van der Waals surface area contributed by atoms with Gasteiger partial charge in [-0.15, -0.1) is 10.2 Å². The predicted octanol–water partition coefficient (Wildman–Crippen LogP) is 1.14. The quantitative estimate of drug-likeness (QED) is 0.901. The maximum atomic E-state index is 12.6. The standard InChI is InChI=1S/C16H23N5O3/c1-11(2)12-7-13(24-19-12)15(22)21-6-4-5-16(23,9-21)8-14-18-17-10-20(14)3/h7,10-11,23H,4-6,8-9H2,1-3H3. The van der Waals surface area contributed by atoms with Crippen LogP contribution >= 0.6 is 0 Å². The average molecular weight is 333 g/mol. The number of aryl methyl sites for hydroxylation is 1. The number of hydrogen-bond donors (Lipinski definition) is 1. The van der Waals surface area contributed by atoms with Gasteiger partial charge in [0.2, 0.25) is 5.76 Å². The summed E-state index contributed by atoms with van der Waals surface area (Å²) in [6.07, 6.45) is 3.32. The fourth-order valence-corrected chi connectivity index (χ4v) is 3.01. The van der Waals surface area contributed by atoms with E-state index in [1.54, 1.807) is 21.9 Å². The Kier molecular flexibility index (Phi) is 4.40. The van der Waals surface area contributed by atoms with Crippen molar-refractivity contribution < 1.29 is 14.4 Å². The Balaban J connectivity index is 1.72. The highest BCUT2D eigenvalue weighted by molar-refractivity contribution is 5.91. The van der Waals surface area contributed by atoms with Crippen LogP contribution in [-0.4, -0.2) is 54.5 Å². The first-order valence-corrected chi connectivity index (χ1v) is 8.19. The molecule has 2 aromatic heterocycles. The lowest BCUT2D eigenvalue weighted by Crippen LogP contribution is -2.51. The zero-order valence-corrected chi connectivity index (χ0v) is 14.3. The minimum absolute atomic E-state index is 0.199. The van der Waals surface area contributed by atoms with Gasteiger partial charge in [0.15, 0.2) is 0 Å². The summed E-state index contributed by atoms with van der Waals surface area (Å²) in [6.45, 7) is 4.83. The molecule has 0 radical (unpaired) electrons. The van der Waals surface area contributed by atoms with Gasteiger partial charge in [-0.05, 0) is 18.8 Å². The van der Waals surface area contributed by atoms with E-state index in [2.05, 4.69) is 15.4 Å². The Bertz CT molecular complexity index is 723. The van der Waals surface area contributed by atoms with Gasteiger partial charge in [0.1, 0.15) is 12.2 Å². The van der Waals surface area contributed by atoms with Gasteiger partial charge in [-0.1, -0.05) is 19.0 Å². The second kappa shape index (κ2) is 6.35. The Morgan fingerprint density at radius 2 is 2.29 bits per heavy atom. The van der Waals surface area contributed by atoms with Gasteiger partial charge in [-0.3, -0.25) is 4.79 Å². The fourth-order valence-electron chi connectivity index (χ4n) is 3.01. The molecule has 24 heavy (non-hydrogen) atoms. The van der Waals surface area contributed by atoms with E-state index < -0.39 is 5.60 Å². The van der Waals surface area contributed by atoms with Crippen molar-refractivity contribution in [3.63, 3.8) is 0 Å². The lowest BCUT2D eigenvalue weighted by Gasteiger charge is -2.38. The molecule has 0 bridgehead atoms. The lowest BCUT2D eigenvalue weighted by molar-refractivity contribution is -0.0268. The molecule has 3 rings (SSSR count). The van der Waals surface area contributed by atoms with Gasteiger partial charge in [0, 0.05) is 26.1 Å².